The number of amides is 1. The van der Waals surface area contributed by atoms with Gasteiger partial charge in [0.1, 0.15) is 0 Å². The third kappa shape index (κ3) is 4.62. The lowest BCUT2D eigenvalue weighted by Gasteiger charge is -2.15. The number of hydrogen-bond acceptors (Lipinski definition) is 3. The molecular weight excluding hydrogens is 192 g/mol. The van der Waals surface area contributed by atoms with Gasteiger partial charge in [0.25, 0.3) is 0 Å². The smallest absolute Gasteiger partial charge is 0.234 e. The molecule has 0 saturated heterocycles. The first kappa shape index (κ1) is 12.5. The number of ether oxygens (including phenoxy) is 1. The van der Waals surface area contributed by atoms with Crippen LogP contribution in [0.25, 0.3) is 0 Å². The first-order valence-corrected chi connectivity index (χ1v) is 5.88. The fourth-order valence-corrected chi connectivity index (χ4v) is 1.96. The SMILES string of the molecule is CCC(NCCOC1CCCC1)C(N)=O. The molecule has 1 fully saturated rings. The molecule has 0 aromatic rings. The van der Waals surface area contributed by atoms with Crippen LogP contribution in [0.15, 0.2) is 0 Å². The second-order valence-electron chi connectivity index (χ2n) is 4.09. The monoisotopic (exact) mass is 214 g/mol. The lowest BCUT2D eigenvalue weighted by molar-refractivity contribution is -0.120. The molecule has 0 spiro atoms. The predicted molar refractivity (Wildman–Crippen MR) is 59.5 cm³/mol. The molecule has 1 aliphatic carbocycles. The van der Waals surface area contributed by atoms with E-state index in [0.29, 0.717) is 19.3 Å². The molecule has 0 aliphatic heterocycles. The van der Waals surface area contributed by atoms with E-state index >= 15 is 0 Å². The maximum absolute atomic E-state index is 10.9. The largest absolute Gasteiger partial charge is 0.377 e. The van der Waals surface area contributed by atoms with Gasteiger partial charge in [-0.15, -0.1) is 0 Å². The van der Waals surface area contributed by atoms with Crippen LogP contribution in [-0.2, 0) is 9.53 Å². The van der Waals surface area contributed by atoms with Crippen molar-refractivity contribution in [3.8, 4) is 0 Å². The number of carbonyl (C=O) groups excluding carboxylic acids is 1. The molecule has 15 heavy (non-hydrogen) atoms. The first-order valence-electron chi connectivity index (χ1n) is 5.88. The standard InChI is InChI=1S/C11H22N2O2/c1-2-10(11(12)14)13-7-8-15-9-5-3-4-6-9/h9-10,13H,2-8H2,1H3,(H2,12,14). The highest BCUT2D eigenvalue weighted by Crippen LogP contribution is 2.20. The molecule has 1 aliphatic rings. The Kier molecular flexibility index (Phi) is 5.65. The highest BCUT2D eigenvalue weighted by Gasteiger charge is 2.15. The van der Waals surface area contributed by atoms with Crippen LogP contribution in [-0.4, -0.2) is 31.2 Å². The molecule has 1 saturated carbocycles. The van der Waals surface area contributed by atoms with Crippen LogP contribution >= 0.6 is 0 Å². The van der Waals surface area contributed by atoms with Crippen molar-refractivity contribution < 1.29 is 9.53 Å². The van der Waals surface area contributed by atoms with Crippen LogP contribution < -0.4 is 11.1 Å². The van der Waals surface area contributed by atoms with Crippen molar-refractivity contribution in [2.75, 3.05) is 13.2 Å². The molecule has 3 N–H and O–H groups in total. The predicted octanol–water partition coefficient (Wildman–Crippen LogP) is 0.799. The summed E-state index contributed by atoms with van der Waals surface area (Å²) < 4.78 is 5.66. The maximum Gasteiger partial charge on any atom is 0.234 e. The Bertz CT molecular complexity index is 191. The van der Waals surface area contributed by atoms with E-state index in [0.717, 1.165) is 6.42 Å². The summed E-state index contributed by atoms with van der Waals surface area (Å²) in [6.45, 7) is 3.33. The topological polar surface area (TPSA) is 64.3 Å². The van der Waals surface area contributed by atoms with Crippen molar-refractivity contribution in [1.29, 1.82) is 0 Å². The molecule has 0 aromatic heterocycles. The van der Waals surface area contributed by atoms with Crippen molar-refractivity contribution in [2.24, 2.45) is 5.73 Å². The molecule has 0 bridgehead atoms. The maximum atomic E-state index is 10.9. The van der Waals surface area contributed by atoms with Gasteiger partial charge in [-0.05, 0) is 19.3 Å². The van der Waals surface area contributed by atoms with Gasteiger partial charge in [0.2, 0.25) is 5.91 Å². The minimum Gasteiger partial charge on any atom is -0.377 e. The molecule has 0 aromatic carbocycles. The van der Waals surface area contributed by atoms with Crippen LogP contribution in [0.5, 0.6) is 0 Å². The van der Waals surface area contributed by atoms with Gasteiger partial charge >= 0.3 is 0 Å². The molecule has 1 unspecified atom stereocenters. The van der Waals surface area contributed by atoms with Gasteiger partial charge in [-0.25, -0.2) is 0 Å². The molecule has 1 amide bonds. The van der Waals surface area contributed by atoms with Crippen LogP contribution in [0.1, 0.15) is 39.0 Å². The van der Waals surface area contributed by atoms with E-state index < -0.39 is 0 Å². The third-order valence-electron chi connectivity index (χ3n) is 2.90. The summed E-state index contributed by atoms with van der Waals surface area (Å²) in [6, 6.07) is -0.211. The molecule has 4 heteroatoms. The van der Waals surface area contributed by atoms with Crippen LogP contribution in [0.3, 0.4) is 0 Å². The van der Waals surface area contributed by atoms with E-state index in [9.17, 15) is 4.79 Å². The summed E-state index contributed by atoms with van der Waals surface area (Å²) in [6.07, 6.45) is 6.13. The van der Waals surface area contributed by atoms with Gasteiger partial charge in [0.15, 0.2) is 0 Å². The Morgan fingerprint density at radius 3 is 2.73 bits per heavy atom. The zero-order valence-corrected chi connectivity index (χ0v) is 9.50. The van der Waals surface area contributed by atoms with Crippen molar-refractivity contribution in [1.82, 2.24) is 5.32 Å². The fraction of sp³-hybridized carbons (Fsp3) is 0.909. The minimum atomic E-state index is -0.279. The number of carbonyl (C=O) groups is 1. The molecule has 1 atom stereocenters. The second-order valence-corrected chi connectivity index (χ2v) is 4.09. The third-order valence-corrected chi connectivity index (χ3v) is 2.90. The van der Waals surface area contributed by atoms with Crippen LogP contribution in [0.2, 0.25) is 0 Å². The summed E-state index contributed by atoms with van der Waals surface area (Å²) in [4.78, 5) is 10.9. The van der Waals surface area contributed by atoms with Gasteiger partial charge in [-0.3, -0.25) is 4.79 Å². The lowest BCUT2D eigenvalue weighted by atomic mass is 10.2. The van der Waals surface area contributed by atoms with E-state index in [4.69, 9.17) is 10.5 Å². The highest BCUT2D eigenvalue weighted by molar-refractivity contribution is 5.79. The average molecular weight is 214 g/mol. The van der Waals surface area contributed by atoms with Crippen molar-refractivity contribution >= 4 is 5.91 Å². The summed E-state index contributed by atoms with van der Waals surface area (Å²) in [5, 5.41) is 3.09. The van der Waals surface area contributed by atoms with E-state index in [1.807, 2.05) is 6.92 Å². The molecule has 0 radical (unpaired) electrons. The minimum absolute atomic E-state index is 0.211. The summed E-state index contributed by atoms with van der Waals surface area (Å²) in [5.41, 5.74) is 5.21. The van der Waals surface area contributed by atoms with E-state index in [1.54, 1.807) is 0 Å². The molecular formula is C11H22N2O2. The van der Waals surface area contributed by atoms with Crippen LogP contribution in [0, 0.1) is 0 Å². The molecule has 1 rings (SSSR count). The Hall–Kier alpha value is -0.610. The Morgan fingerprint density at radius 1 is 1.53 bits per heavy atom. The normalized spacial score (nSPS) is 19.3. The zero-order valence-electron chi connectivity index (χ0n) is 9.50. The molecule has 4 nitrogen and oxygen atoms in total. The average Bonchev–Trinajstić information content (AvgIpc) is 2.70. The highest BCUT2D eigenvalue weighted by atomic mass is 16.5. The van der Waals surface area contributed by atoms with E-state index in [-0.39, 0.29) is 11.9 Å². The molecule has 88 valence electrons. The number of primary amides is 1. The number of nitrogens with one attached hydrogen (secondary N) is 1. The van der Waals surface area contributed by atoms with Gasteiger partial charge in [-0.1, -0.05) is 19.8 Å². The Morgan fingerprint density at radius 2 is 2.20 bits per heavy atom. The summed E-state index contributed by atoms with van der Waals surface area (Å²) >= 11 is 0. The zero-order chi connectivity index (χ0) is 11.1. The summed E-state index contributed by atoms with van der Waals surface area (Å²) in [5.74, 6) is -0.279. The second kappa shape index (κ2) is 6.80. The van der Waals surface area contributed by atoms with Gasteiger partial charge < -0.3 is 15.8 Å². The fourth-order valence-electron chi connectivity index (χ4n) is 1.96. The quantitative estimate of drug-likeness (QED) is 0.616. The summed E-state index contributed by atoms with van der Waals surface area (Å²) in [7, 11) is 0. The lowest BCUT2D eigenvalue weighted by Crippen LogP contribution is -2.42. The Labute approximate surface area is 91.5 Å². The van der Waals surface area contributed by atoms with Crippen molar-refractivity contribution in [3.63, 3.8) is 0 Å². The first-order chi connectivity index (χ1) is 7.24. The molecule has 0 heterocycles. The van der Waals surface area contributed by atoms with Crippen molar-refractivity contribution in [3.05, 3.63) is 0 Å². The van der Waals surface area contributed by atoms with Crippen molar-refractivity contribution in [2.45, 2.75) is 51.2 Å². The van der Waals surface area contributed by atoms with E-state index in [2.05, 4.69) is 5.32 Å². The van der Waals surface area contributed by atoms with Gasteiger partial charge in [0, 0.05) is 6.54 Å². The van der Waals surface area contributed by atoms with E-state index in [1.165, 1.54) is 25.7 Å². The number of nitrogens with two attached hydrogens (primary N) is 1. The number of hydrogen-bond donors (Lipinski definition) is 2. The number of rotatable bonds is 7. The van der Waals surface area contributed by atoms with Crippen LogP contribution in [0.4, 0.5) is 0 Å². The van der Waals surface area contributed by atoms with Gasteiger partial charge in [-0.2, -0.15) is 0 Å². The van der Waals surface area contributed by atoms with Gasteiger partial charge in [0.05, 0.1) is 18.8 Å². The Balaban J connectivity index is 2.02.